The predicted molar refractivity (Wildman–Crippen MR) is 92.7 cm³/mol. The molecule has 0 aliphatic carbocycles. The smallest absolute Gasteiger partial charge is 0.119 e. The number of hydrogen-bond acceptors (Lipinski definition) is 3. The maximum atomic E-state index is 10.4. The molecule has 0 bridgehead atoms. The molecule has 3 rings (SSSR count). The first-order valence-corrected chi connectivity index (χ1v) is 8.49. The number of rotatable bonds is 6. The molecule has 1 heterocycles. The Hall–Kier alpha value is -1.84. The normalized spacial score (nSPS) is 18.2. The topological polar surface area (TPSA) is 32.7 Å². The van der Waals surface area contributed by atoms with Gasteiger partial charge in [-0.25, -0.2) is 0 Å². The van der Waals surface area contributed by atoms with E-state index in [1.54, 1.807) is 0 Å². The molecule has 23 heavy (non-hydrogen) atoms. The number of aliphatic hydroxyl groups excluding tert-OH is 1. The zero-order chi connectivity index (χ0) is 15.9. The Bertz CT molecular complexity index is 600. The second-order valence-corrected chi connectivity index (χ2v) is 6.13. The van der Waals surface area contributed by atoms with Crippen LogP contribution in [-0.2, 0) is 6.42 Å². The second kappa shape index (κ2) is 8.14. The van der Waals surface area contributed by atoms with Crippen LogP contribution in [-0.4, -0.2) is 36.2 Å². The van der Waals surface area contributed by atoms with E-state index < -0.39 is 0 Å². The van der Waals surface area contributed by atoms with Crippen LogP contribution in [0.4, 0.5) is 0 Å². The molecule has 1 N–H and O–H groups in total. The molecule has 2 aromatic carbocycles. The molecule has 1 aliphatic rings. The fourth-order valence-electron chi connectivity index (χ4n) is 3.15. The minimum absolute atomic E-state index is 0.366. The quantitative estimate of drug-likeness (QED) is 0.830. The highest BCUT2D eigenvalue weighted by atomic mass is 16.5. The van der Waals surface area contributed by atoms with Gasteiger partial charge in [-0.15, -0.1) is 0 Å². The predicted octanol–water partition coefficient (Wildman–Crippen LogP) is 3.44. The maximum absolute atomic E-state index is 10.4. The Morgan fingerprint density at radius 3 is 2.65 bits per heavy atom. The fourth-order valence-corrected chi connectivity index (χ4v) is 3.15. The van der Waals surface area contributed by atoms with Crippen molar-refractivity contribution in [3.05, 3.63) is 65.7 Å². The van der Waals surface area contributed by atoms with Crippen molar-refractivity contribution in [2.75, 3.05) is 26.2 Å². The van der Waals surface area contributed by atoms with Crippen LogP contribution in [0, 0.1) is 0 Å². The third-order valence-electron chi connectivity index (χ3n) is 4.42. The van der Waals surface area contributed by atoms with Gasteiger partial charge in [-0.05, 0) is 49.1 Å². The van der Waals surface area contributed by atoms with Gasteiger partial charge in [0.2, 0.25) is 0 Å². The first-order chi connectivity index (χ1) is 11.3. The number of β-amino-alcohol motifs (C(OH)–C–C–N with tert-alkyl or cyclic N) is 1. The lowest BCUT2D eigenvalue weighted by Crippen LogP contribution is -2.29. The highest BCUT2D eigenvalue weighted by Gasteiger charge is 2.20. The number of unbranched alkanes of at least 4 members (excludes halogenated alkanes) is 1. The zero-order valence-corrected chi connectivity index (χ0v) is 13.5. The Kier molecular flexibility index (Phi) is 5.67. The summed E-state index contributed by atoms with van der Waals surface area (Å²) in [4.78, 5) is 2.37. The van der Waals surface area contributed by atoms with Crippen LogP contribution < -0.4 is 4.74 Å². The van der Waals surface area contributed by atoms with Gasteiger partial charge in [-0.1, -0.05) is 42.5 Å². The van der Waals surface area contributed by atoms with Gasteiger partial charge in [0.25, 0.3) is 0 Å². The van der Waals surface area contributed by atoms with E-state index in [2.05, 4.69) is 23.1 Å². The van der Waals surface area contributed by atoms with Crippen LogP contribution in [0.3, 0.4) is 0 Å². The number of para-hydroxylation sites is 1. The standard InChI is InChI=1S/C20H25NO2/c22-20-16-21(14-12-17-8-4-5-11-19(17)20)13-6-7-15-23-18-9-2-1-3-10-18/h1-5,8-11,20,22H,6-7,12-16H2. The molecule has 1 aliphatic heterocycles. The van der Waals surface area contributed by atoms with Gasteiger partial charge in [0.15, 0.2) is 0 Å². The Balaban J connectivity index is 1.40. The van der Waals surface area contributed by atoms with Crippen LogP contribution >= 0.6 is 0 Å². The molecule has 3 heteroatoms. The van der Waals surface area contributed by atoms with E-state index in [-0.39, 0.29) is 6.10 Å². The molecule has 0 fully saturated rings. The third kappa shape index (κ3) is 4.57. The summed E-state index contributed by atoms with van der Waals surface area (Å²) in [7, 11) is 0. The number of ether oxygens (including phenoxy) is 1. The van der Waals surface area contributed by atoms with E-state index in [0.29, 0.717) is 0 Å². The summed E-state index contributed by atoms with van der Waals surface area (Å²) in [5.41, 5.74) is 2.39. The van der Waals surface area contributed by atoms with E-state index in [1.807, 2.05) is 36.4 Å². The first-order valence-electron chi connectivity index (χ1n) is 8.49. The van der Waals surface area contributed by atoms with Crippen LogP contribution in [0.2, 0.25) is 0 Å². The van der Waals surface area contributed by atoms with E-state index >= 15 is 0 Å². The molecule has 0 radical (unpaired) electrons. The van der Waals surface area contributed by atoms with E-state index in [0.717, 1.165) is 56.8 Å². The summed E-state index contributed by atoms with van der Waals surface area (Å²) in [6, 6.07) is 18.2. The average Bonchev–Trinajstić information content (AvgIpc) is 2.75. The summed E-state index contributed by atoms with van der Waals surface area (Å²) in [5, 5.41) is 10.4. The van der Waals surface area contributed by atoms with Gasteiger partial charge < -0.3 is 14.7 Å². The molecule has 122 valence electrons. The lowest BCUT2D eigenvalue weighted by atomic mass is 10.0. The minimum atomic E-state index is -0.366. The largest absolute Gasteiger partial charge is 0.494 e. The molecule has 0 aromatic heterocycles. The molecular weight excluding hydrogens is 286 g/mol. The van der Waals surface area contributed by atoms with Gasteiger partial charge in [0, 0.05) is 13.1 Å². The monoisotopic (exact) mass is 311 g/mol. The molecule has 0 amide bonds. The van der Waals surface area contributed by atoms with Crippen molar-refractivity contribution in [3.63, 3.8) is 0 Å². The number of benzene rings is 2. The number of fused-ring (bicyclic) bond motifs is 1. The number of hydrogen-bond donors (Lipinski definition) is 1. The highest BCUT2D eigenvalue weighted by Crippen LogP contribution is 2.23. The SMILES string of the molecule is OC1CN(CCCCOc2ccccc2)CCc2ccccc21. The molecule has 2 aromatic rings. The molecule has 1 unspecified atom stereocenters. The molecule has 3 nitrogen and oxygen atoms in total. The Labute approximate surface area is 138 Å². The summed E-state index contributed by atoms with van der Waals surface area (Å²) in [5.74, 6) is 0.938. The van der Waals surface area contributed by atoms with Gasteiger partial charge in [0.1, 0.15) is 5.75 Å². The van der Waals surface area contributed by atoms with Crippen molar-refractivity contribution in [2.24, 2.45) is 0 Å². The van der Waals surface area contributed by atoms with Crippen molar-refractivity contribution >= 4 is 0 Å². The van der Waals surface area contributed by atoms with Crippen LogP contribution in [0.1, 0.15) is 30.1 Å². The molecule has 0 saturated carbocycles. The second-order valence-electron chi connectivity index (χ2n) is 6.13. The van der Waals surface area contributed by atoms with Crippen LogP contribution in [0.15, 0.2) is 54.6 Å². The zero-order valence-electron chi connectivity index (χ0n) is 13.5. The van der Waals surface area contributed by atoms with Crippen LogP contribution in [0.25, 0.3) is 0 Å². The molecule has 0 spiro atoms. The molecule has 1 atom stereocenters. The van der Waals surface area contributed by atoms with E-state index in [9.17, 15) is 5.11 Å². The Morgan fingerprint density at radius 2 is 1.78 bits per heavy atom. The minimum Gasteiger partial charge on any atom is -0.494 e. The van der Waals surface area contributed by atoms with E-state index in [1.165, 1.54) is 5.56 Å². The number of nitrogens with zero attached hydrogens (tertiary/aromatic N) is 1. The lowest BCUT2D eigenvalue weighted by molar-refractivity contribution is 0.118. The van der Waals surface area contributed by atoms with Gasteiger partial charge in [-0.2, -0.15) is 0 Å². The third-order valence-corrected chi connectivity index (χ3v) is 4.42. The van der Waals surface area contributed by atoms with E-state index in [4.69, 9.17) is 4.74 Å². The van der Waals surface area contributed by atoms with Crippen molar-refractivity contribution in [1.82, 2.24) is 4.90 Å². The fraction of sp³-hybridized carbons (Fsp3) is 0.400. The Morgan fingerprint density at radius 1 is 1.00 bits per heavy atom. The lowest BCUT2D eigenvalue weighted by Gasteiger charge is -2.22. The summed E-state index contributed by atoms with van der Waals surface area (Å²) < 4.78 is 5.72. The number of aliphatic hydroxyl groups is 1. The molecule has 0 saturated heterocycles. The maximum Gasteiger partial charge on any atom is 0.119 e. The van der Waals surface area contributed by atoms with Gasteiger partial charge in [0.05, 0.1) is 12.7 Å². The highest BCUT2D eigenvalue weighted by molar-refractivity contribution is 5.30. The van der Waals surface area contributed by atoms with Gasteiger partial charge >= 0.3 is 0 Å². The summed E-state index contributed by atoms with van der Waals surface area (Å²) in [6.07, 6.45) is 2.78. The van der Waals surface area contributed by atoms with Crippen molar-refractivity contribution in [3.8, 4) is 5.75 Å². The van der Waals surface area contributed by atoms with Gasteiger partial charge in [-0.3, -0.25) is 0 Å². The average molecular weight is 311 g/mol. The van der Waals surface area contributed by atoms with Crippen molar-refractivity contribution in [1.29, 1.82) is 0 Å². The van der Waals surface area contributed by atoms with Crippen molar-refractivity contribution in [2.45, 2.75) is 25.4 Å². The van der Waals surface area contributed by atoms with Crippen LogP contribution in [0.5, 0.6) is 5.75 Å². The summed E-state index contributed by atoms with van der Waals surface area (Å²) in [6.45, 7) is 3.52. The molecular formula is C20H25NO2. The first kappa shape index (κ1) is 16.0. The van der Waals surface area contributed by atoms with Crippen molar-refractivity contribution < 1.29 is 9.84 Å². The summed E-state index contributed by atoms with van der Waals surface area (Å²) >= 11 is 0.